The fraction of sp³-hybridized carbons (Fsp3) is 0.250. The van der Waals surface area contributed by atoms with Crippen LogP contribution in [0.1, 0.15) is 23.1 Å². The second-order valence-electron chi connectivity index (χ2n) is 4.75. The van der Waals surface area contributed by atoms with Crippen molar-refractivity contribution in [1.82, 2.24) is 4.98 Å². The summed E-state index contributed by atoms with van der Waals surface area (Å²) >= 11 is 0. The maximum Gasteiger partial charge on any atom is 0.303 e. The highest BCUT2D eigenvalue weighted by Crippen LogP contribution is 2.14. The topological polar surface area (TPSA) is 62.2 Å². The molecular formula is C16H18N2O2. The van der Waals surface area contributed by atoms with Crippen LogP contribution in [0.2, 0.25) is 0 Å². The zero-order valence-electron chi connectivity index (χ0n) is 11.5. The number of aliphatic carboxylic acids is 1. The van der Waals surface area contributed by atoms with Crippen molar-refractivity contribution in [2.45, 2.75) is 26.3 Å². The molecule has 20 heavy (non-hydrogen) atoms. The van der Waals surface area contributed by atoms with Crippen molar-refractivity contribution in [3.8, 4) is 0 Å². The smallest absolute Gasteiger partial charge is 0.303 e. The lowest BCUT2D eigenvalue weighted by molar-refractivity contribution is -0.136. The third kappa shape index (κ3) is 4.09. The van der Waals surface area contributed by atoms with E-state index in [1.165, 1.54) is 5.56 Å². The lowest BCUT2D eigenvalue weighted by Gasteiger charge is -2.09. The standard InChI is InChI=1S/C16H18N2O2/c1-12-7-8-17-10-14(12)11-18-15-4-2-3-13(9-15)5-6-16(19)20/h2-4,7-10,18H,5-6,11H2,1H3,(H,19,20). The van der Waals surface area contributed by atoms with Crippen molar-refractivity contribution in [2.24, 2.45) is 0 Å². The molecule has 1 aromatic heterocycles. The number of rotatable bonds is 6. The van der Waals surface area contributed by atoms with Gasteiger partial charge in [0.15, 0.2) is 0 Å². The number of aromatic nitrogens is 1. The minimum absolute atomic E-state index is 0.158. The van der Waals surface area contributed by atoms with E-state index in [1.807, 2.05) is 36.5 Å². The first-order chi connectivity index (χ1) is 9.65. The number of benzene rings is 1. The number of carboxylic acid groups (broad SMARTS) is 1. The van der Waals surface area contributed by atoms with Gasteiger partial charge >= 0.3 is 5.97 Å². The van der Waals surface area contributed by atoms with Crippen molar-refractivity contribution >= 4 is 11.7 Å². The number of aryl methyl sites for hydroxylation is 2. The van der Waals surface area contributed by atoms with Gasteiger partial charge in [0.05, 0.1) is 0 Å². The first-order valence-electron chi connectivity index (χ1n) is 6.59. The Hall–Kier alpha value is -2.36. The second kappa shape index (κ2) is 6.70. The van der Waals surface area contributed by atoms with Crippen LogP contribution in [-0.4, -0.2) is 16.1 Å². The predicted octanol–water partition coefficient (Wildman–Crippen LogP) is 3.02. The van der Waals surface area contributed by atoms with Crippen molar-refractivity contribution in [2.75, 3.05) is 5.32 Å². The Morgan fingerprint density at radius 1 is 1.35 bits per heavy atom. The summed E-state index contributed by atoms with van der Waals surface area (Å²) in [4.78, 5) is 14.7. The summed E-state index contributed by atoms with van der Waals surface area (Å²) < 4.78 is 0. The molecule has 2 aromatic rings. The molecule has 0 fully saturated rings. The Balaban J connectivity index is 1.98. The molecule has 1 aromatic carbocycles. The Morgan fingerprint density at radius 2 is 2.20 bits per heavy atom. The number of nitrogens with zero attached hydrogens (tertiary/aromatic N) is 1. The Kier molecular flexibility index (Phi) is 4.71. The van der Waals surface area contributed by atoms with E-state index in [0.717, 1.165) is 16.8 Å². The van der Waals surface area contributed by atoms with E-state index in [-0.39, 0.29) is 6.42 Å². The SMILES string of the molecule is Cc1ccncc1CNc1cccc(CCC(=O)O)c1. The second-order valence-corrected chi connectivity index (χ2v) is 4.75. The van der Waals surface area contributed by atoms with Crippen LogP contribution in [0.25, 0.3) is 0 Å². The number of hydrogen-bond donors (Lipinski definition) is 2. The normalized spacial score (nSPS) is 10.2. The van der Waals surface area contributed by atoms with Crippen LogP contribution in [-0.2, 0) is 17.8 Å². The molecule has 0 atom stereocenters. The Bertz CT molecular complexity index is 597. The van der Waals surface area contributed by atoms with Gasteiger partial charge in [-0.05, 0) is 48.2 Å². The highest BCUT2D eigenvalue weighted by molar-refractivity contribution is 5.67. The minimum Gasteiger partial charge on any atom is -0.481 e. The molecule has 0 aliphatic rings. The Morgan fingerprint density at radius 3 is 2.95 bits per heavy atom. The molecule has 0 amide bonds. The number of pyridine rings is 1. The Labute approximate surface area is 118 Å². The summed E-state index contributed by atoms with van der Waals surface area (Å²) in [6, 6.07) is 9.85. The van der Waals surface area contributed by atoms with Gasteiger partial charge in [-0.25, -0.2) is 0 Å². The fourth-order valence-electron chi connectivity index (χ4n) is 1.97. The maximum atomic E-state index is 10.6. The summed E-state index contributed by atoms with van der Waals surface area (Å²) in [5, 5.41) is 12.0. The van der Waals surface area contributed by atoms with Crippen molar-refractivity contribution < 1.29 is 9.90 Å². The average Bonchev–Trinajstić information content (AvgIpc) is 2.45. The third-order valence-electron chi connectivity index (χ3n) is 3.18. The molecule has 4 nitrogen and oxygen atoms in total. The molecule has 0 bridgehead atoms. The van der Waals surface area contributed by atoms with Gasteiger partial charge < -0.3 is 10.4 Å². The van der Waals surface area contributed by atoms with Crippen LogP contribution >= 0.6 is 0 Å². The van der Waals surface area contributed by atoms with Crippen molar-refractivity contribution in [3.05, 3.63) is 59.4 Å². The molecule has 0 aliphatic carbocycles. The van der Waals surface area contributed by atoms with Crippen LogP contribution in [0.3, 0.4) is 0 Å². The monoisotopic (exact) mass is 270 g/mol. The van der Waals surface area contributed by atoms with E-state index in [1.54, 1.807) is 6.20 Å². The average molecular weight is 270 g/mol. The first-order valence-corrected chi connectivity index (χ1v) is 6.59. The summed E-state index contributed by atoms with van der Waals surface area (Å²) in [5.41, 5.74) is 4.38. The zero-order valence-corrected chi connectivity index (χ0v) is 11.5. The van der Waals surface area contributed by atoms with Gasteiger partial charge in [0.1, 0.15) is 0 Å². The summed E-state index contributed by atoms with van der Waals surface area (Å²) in [5.74, 6) is -0.769. The van der Waals surface area contributed by atoms with Crippen molar-refractivity contribution in [1.29, 1.82) is 0 Å². The minimum atomic E-state index is -0.769. The van der Waals surface area contributed by atoms with E-state index in [2.05, 4.69) is 17.2 Å². The quantitative estimate of drug-likeness (QED) is 0.847. The van der Waals surface area contributed by atoms with Gasteiger partial charge in [-0.1, -0.05) is 12.1 Å². The highest BCUT2D eigenvalue weighted by atomic mass is 16.4. The molecule has 0 saturated heterocycles. The van der Waals surface area contributed by atoms with E-state index < -0.39 is 5.97 Å². The van der Waals surface area contributed by atoms with Crippen LogP contribution in [0.4, 0.5) is 5.69 Å². The van der Waals surface area contributed by atoms with Gasteiger partial charge in [-0.3, -0.25) is 9.78 Å². The molecule has 0 saturated carbocycles. The largest absolute Gasteiger partial charge is 0.481 e. The van der Waals surface area contributed by atoms with Crippen LogP contribution in [0.5, 0.6) is 0 Å². The van der Waals surface area contributed by atoms with Crippen LogP contribution in [0.15, 0.2) is 42.7 Å². The molecule has 0 aliphatic heterocycles. The number of anilines is 1. The molecule has 104 valence electrons. The van der Waals surface area contributed by atoms with Crippen LogP contribution < -0.4 is 5.32 Å². The highest BCUT2D eigenvalue weighted by Gasteiger charge is 2.01. The number of nitrogens with one attached hydrogen (secondary N) is 1. The lowest BCUT2D eigenvalue weighted by Crippen LogP contribution is -2.03. The molecule has 2 rings (SSSR count). The van der Waals surface area contributed by atoms with Gasteiger partial charge in [0.25, 0.3) is 0 Å². The van der Waals surface area contributed by atoms with E-state index in [9.17, 15) is 4.79 Å². The molecule has 0 spiro atoms. The van der Waals surface area contributed by atoms with Gasteiger partial charge in [-0.2, -0.15) is 0 Å². The summed E-state index contributed by atoms with van der Waals surface area (Å²) in [6.45, 7) is 2.77. The van der Waals surface area contributed by atoms with E-state index >= 15 is 0 Å². The summed E-state index contributed by atoms with van der Waals surface area (Å²) in [7, 11) is 0. The molecular weight excluding hydrogens is 252 g/mol. The lowest BCUT2D eigenvalue weighted by atomic mass is 10.1. The predicted molar refractivity (Wildman–Crippen MR) is 78.7 cm³/mol. The molecule has 2 N–H and O–H groups in total. The first kappa shape index (κ1) is 14.1. The summed E-state index contributed by atoms with van der Waals surface area (Å²) in [6.07, 6.45) is 4.35. The van der Waals surface area contributed by atoms with E-state index in [0.29, 0.717) is 13.0 Å². The maximum absolute atomic E-state index is 10.6. The van der Waals surface area contributed by atoms with Gasteiger partial charge in [0.2, 0.25) is 0 Å². The fourth-order valence-corrected chi connectivity index (χ4v) is 1.97. The molecule has 0 radical (unpaired) electrons. The van der Waals surface area contributed by atoms with Crippen molar-refractivity contribution in [3.63, 3.8) is 0 Å². The number of carbonyl (C=O) groups is 1. The van der Waals surface area contributed by atoms with Crippen LogP contribution in [0, 0.1) is 6.92 Å². The molecule has 1 heterocycles. The number of hydrogen-bond acceptors (Lipinski definition) is 3. The molecule has 4 heteroatoms. The van der Waals surface area contributed by atoms with Gasteiger partial charge in [0, 0.05) is 31.0 Å². The third-order valence-corrected chi connectivity index (χ3v) is 3.18. The number of carboxylic acids is 1. The molecule has 0 unspecified atom stereocenters. The van der Waals surface area contributed by atoms with Gasteiger partial charge in [-0.15, -0.1) is 0 Å². The zero-order chi connectivity index (χ0) is 14.4. The van der Waals surface area contributed by atoms with E-state index in [4.69, 9.17) is 5.11 Å².